The number of anilines is 1. The van der Waals surface area contributed by atoms with Gasteiger partial charge in [0, 0.05) is 17.3 Å². The van der Waals surface area contributed by atoms with Gasteiger partial charge in [-0.2, -0.15) is 8.78 Å². The van der Waals surface area contributed by atoms with Gasteiger partial charge in [0.15, 0.2) is 0 Å². The van der Waals surface area contributed by atoms with Gasteiger partial charge in [-0.05, 0) is 42.3 Å². The fraction of sp³-hybridized carbons (Fsp3) is 0.188. The van der Waals surface area contributed by atoms with E-state index in [4.69, 9.17) is 11.6 Å². The maximum absolute atomic E-state index is 12.0. The zero-order valence-corrected chi connectivity index (χ0v) is 12.8. The van der Waals surface area contributed by atoms with Gasteiger partial charge in [0.25, 0.3) is 0 Å². The Morgan fingerprint density at radius 1 is 1.17 bits per heavy atom. The number of carbonyl (C=O) groups excluding carboxylic acids is 1. The minimum atomic E-state index is -2.84. The maximum Gasteiger partial charge on any atom is 0.387 e. The highest BCUT2D eigenvalue weighted by molar-refractivity contribution is 6.30. The number of hydrogen-bond acceptors (Lipinski definition) is 2. The molecule has 0 heterocycles. The molecule has 2 N–H and O–H groups in total. The fourth-order valence-corrected chi connectivity index (χ4v) is 2.09. The van der Waals surface area contributed by atoms with Crippen molar-refractivity contribution in [2.45, 2.75) is 13.0 Å². The highest BCUT2D eigenvalue weighted by atomic mass is 35.5. The SMILES string of the molecule is O=C(NCCc1ccc(OC(F)F)cc1)Nc1cccc(Cl)c1. The number of ether oxygens (including phenoxy) is 1. The summed E-state index contributed by atoms with van der Waals surface area (Å²) in [5.74, 6) is 0.107. The number of hydrogen-bond donors (Lipinski definition) is 2. The monoisotopic (exact) mass is 340 g/mol. The Hall–Kier alpha value is -2.34. The Morgan fingerprint density at radius 2 is 1.91 bits per heavy atom. The third-order valence-electron chi connectivity index (χ3n) is 2.93. The zero-order chi connectivity index (χ0) is 16.7. The molecule has 0 fully saturated rings. The van der Waals surface area contributed by atoms with Crippen LogP contribution in [-0.2, 0) is 6.42 Å². The van der Waals surface area contributed by atoms with Gasteiger partial charge < -0.3 is 15.4 Å². The number of benzene rings is 2. The van der Waals surface area contributed by atoms with Crippen LogP contribution >= 0.6 is 11.6 Å². The van der Waals surface area contributed by atoms with Crippen LogP contribution in [-0.4, -0.2) is 19.2 Å². The summed E-state index contributed by atoms with van der Waals surface area (Å²) in [4.78, 5) is 11.7. The van der Waals surface area contributed by atoms with Crippen molar-refractivity contribution in [1.82, 2.24) is 5.32 Å². The summed E-state index contributed by atoms with van der Waals surface area (Å²) in [7, 11) is 0. The molecule has 0 spiro atoms. The molecule has 0 aliphatic rings. The molecule has 0 aromatic heterocycles. The van der Waals surface area contributed by atoms with E-state index in [2.05, 4.69) is 15.4 Å². The minimum absolute atomic E-state index is 0.107. The highest BCUT2D eigenvalue weighted by Gasteiger charge is 2.04. The standard InChI is InChI=1S/C16H15ClF2N2O2/c17-12-2-1-3-13(10-12)21-16(22)20-9-8-11-4-6-14(7-5-11)23-15(18)19/h1-7,10,15H,8-9H2,(H2,20,21,22). The number of amides is 2. The van der Waals surface area contributed by atoms with Crippen molar-refractivity contribution in [1.29, 1.82) is 0 Å². The summed E-state index contributed by atoms with van der Waals surface area (Å²) in [5, 5.41) is 5.90. The van der Waals surface area contributed by atoms with E-state index in [0.29, 0.717) is 23.7 Å². The van der Waals surface area contributed by atoms with Crippen molar-refractivity contribution in [3.05, 3.63) is 59.1 Å². The molecule has 0 aliphatic heterocycles. The van der Waals surface area contributed by atoms with E-state index >= 15 is 0 Å². The molecule has 0 aliphatic carbocycles. The van der Waals surface area contributed by atoms with Gasteiger partial charge in [-0.15, -0.1) is 0 Å². The van der Waals surface area contributed by atoms with E-state index in [1.807, 2.05) is 0 Å². The molecule has 2 amide bonds. The van der Waals surface area contributed by atoms with Gasteiger partial charge in [0.1, 0.15) is 5.75 Å². The minimum Gasteiger partial charge on any atom is -0.435 e. The highest BCUT2D eigenvalue weighted by Crippen LogP contribution is 2.16. The first-order valence-electron chi connectivity index (χ1n) is 6.87. The van der Waals surface area contributed by atoms with Crippen molar-refractivity contribution >= 4 is 23.3 Å². The largest absolute Gasteiger partial charge is 0.435 e. The van der Waals surface area contributed by atoms with Crippen LogP contribution in [0.15, 0.2) is 48.5 Å². The number of urea groups is 1. The second-order valence-corrected chi connectivity index (χ2v) is 5.10. The van der Waals surface area contributed by atoms with E-state index in [1.165, 1.54) is 12.1 Å². The molecule has 2 aromatic rings. The molecule has 0 radical (unpaired) electrons. The molecule has 0 atom stereocenters. The lowest BCUT2D eigenvalue weighted by Crippen LogP contribution is -2.30. The molecule has 0 saturated carbocycles. The molecule has 7 heteroatoms. The van der Waals surface area contributed by atoms with Crippen LogP contribution in [0.3, 0.4) is 0 Å². The van der Waals surface area contributed by atoms with Gasteiger partial charge in [-0.3, -0.25) is 0 Å². The van der Waals surface area contributed by atoms with E-state index in [1.54, 1.807) is 36.4 Å². The first-order valence-corrected chi connectivity index (χ1v) is 7.25. The van der Waals surface area contributed by atoms with Crippen molar-refractivity contribution < 1.29 is 18.3 Å². The normalized spacial score (nSPS) is 10.4. The maximum atomic E-state index is 12.0. The van der Waals surface area contributed by atoms with Gasteiger partial charge in [-0.1, -0.05) is 29.8 Å². The smallest absolute Gasteiger partial charge is 0.387 e. The Balaban J connectivity index is 1.75. The third-order valence-corrected chi connectivity index (χ3v) is 3.17. The molecule has 0 bridgehead atoms. The summed E-state index contributed by atoms with van der Waals surface area (Å²) in [6.45, 7) is -2.43. The second-order valence-electron chi connectivity index (χ2n) is 4.66. The molecule has 2 aromatic carbocycles. The molecular weight excluding hydrogens is 326 g/mol. The Labute approximate surface area is 137 Å². The Bertz CT molecular complexity index is 651. The number of rotatable bonds is 6. The van der Waals surface area contributed by atoms with E-state index in [9.17, 15) is 13.6 Å². The average molecular weight is 341 g/mol. The van der Waals surface area contributed by atoms with Crippen LogP contribution in [0.5, 0.6) is 5.75 Å². The van der Waals surface area contributed by atoms with Crippen LogP contribution in [0.1, 0.15) is 5.56 Å². The number of nitrogens with one attached hydrogen (secondary N) is 2. The first-order chi connectivity index (χ1) is 11.0. The molecular formula is C16H15ClF2N2O2. The Kier molecular flexibility index (Phi) is 6.17. The topological polar surface area (TPSA) is 50.4 Å². The molecule has 122 valence electrons. The van der Waals surface area contributed by atoms with Gasteiger partial charge in [-0.25, -0.2) is 4.79 Å². The van der Waals surface area contributed by atoms with Crippen LogP contribution in [0, 0.1) is 0 Å². The number of carbonyl (C=O) groups is 1. The van der Waals surface area contributed by atoms with Crippen molar-refractivity contribution in [3.8, 4) is 5.75 Å². The van der Waals surface area contributed by atoms with Crippen LogP contribution in [0.4, 0.5) is 19.3 Å². The summed E-state index contributed by atoms with van der Waals surface area (Å²) >= 11 is 5.83. The quantitative estimate of drug-likeness (QED) is 0.823. The number of halogens is 3. The fourth-order valence-electron chi connectivity index (χ4n) is 1.90. The van der Waals surface area contributed by atoms with Crippen molar-refractivity contribution in [2.75, 3.05) is 11.9 Å². The second kappa shape index (κ2) is 8.33. The summed E-state index contributed by atoms with van der Waals surface area (Å²) < 4.78 is 28.3. The third kappa shape index (κ3) is 6.12. The first kappa shape index (κ1) is 17.0. The summed E-state index contributed by atoms with van der Waals surface area (Å²) in [6.07, 6.45) is 0.567. The lowest BCUT2D eigenvalue weighted by Gasteiger charge is -2.09. The summed E-state index contributed by atoms with van der Waals surface area (Å²) in [5.41, 5.74) is 1.50. The van der Waals surface area contributed by atoms with Gasteiger partial charge in [0.2, 0.25) is 0 Å². The lowest BCUT2D eigenvalue weighted by atomic mass is 10.1. The van der Waals surface area contributed by atoms with Crippen molar-refractivity contribution in [2.24, 2.45) is 0 Å². The van der Waals surface area contributed by atoms with Gasteiger partial charge >= 0.3 is 12.6 Å². The van der Waals surface area contributed by atoms with E-state index < -0.39 is 6.61 Å². The van der Waals surface area contributed by atoms with E-state index in [0.717, 1.165) is 5.56 Å². The predicted octanol–water partition coefficient (Wildman–Crippen LogP) is 4.31. The molecule has 4 nitrogen and oxygen atoms in total. The van der Waals surface area contributed by atoms with Crippen LogP contribution in [0.2, 0.25) is 5.02 Å². The van der Waals surface area contributed by atoms with Crippen LogP contribution in [0.25, 0.3) is 0 Å². The number of alkyl halides is 2. The Morgan fingerprint density at radius 3 is 2.57 bits per heavy atom. The average Bonchev–Trinajstić information content (AvgIpc) is 2.48. The van der Waals surface area contributed by atoms with Crippen molar-refractivity contribution in [3.63, 3.8) is 0 Å². The molecule has 2 rings (SSSR count). The predicted molar refractivity (Wildman–Crippen MR) is 85.3 cm³/mol. The summed E-state index contributed by atoms with van der Waals surface area (Å²) in [6, 6.07) is 12.8. The lowest BCUT2D eigenvalue weighted by molar-refractivity contribution is -0.0498. The van der Waals surface area contributed by atoms with Crippen LogP contribution < -0.4 is 15.4 Å². The molecule has 23 heavy (non-hydrogen) atoms. The molecule has 0 saturated heterocycles. The zero-order valence-electron chi connectivity index (χ0n) is 12.1. The van der Waals surface area contributed by atoms with E-state index in [-0.39, 0.29) is 11.8 Å². The molecule has 0 unspecified atom stereocenters. The van der Waals surface area contributed by atoms with Gasteiger partial charge in [0.05, 0.1) is 0 Å².